The van der Waals surface area contributed by atoms with E-state index >= 15 is 0 Å². The van der Waals surface area contributed by atoms with Crippen molar-refractivity contribution in [1.82, 2.24) is 4.90 Å². The molecular weight excluding hydrogens is 250 g/mol. The second-order valence-electron chi connectivity index (χ2n) is 4.20. The number of esters is 1. The lowest BCUT2D eigenvalue weighted by atomic mass is 10.1. The molecular formula is C13H13NO5. The van der Waals surface area contributed by atoms with E-state index in [0.717, 1.165) is 4.90 Å². The molecule has 6 nitrogen and oxygen atoms in total. The summed E-state index contributed by atoms with van der Waals surface area (Å²) in [6, 6.07) is 6.45. The lowest BCUT2D eigenvalue weighted by Crippen LogP contribution is -2.37. The first-order chi connectivity index (χ1) is 9.04. The molecule has 2 amide bonds. The monoisotopic (exact) mass is 263 g/mol. The summed E-state index contributed by atoms with van der Waals surface area (Å²) >= 11 is 0. The van der Waals surface area contributed by atoms with Crippen LogP contribution in [0, 0.1) is 0 Å². The maximum absolute atomic E-state index is 12.0. The minimum atomic E-state index is -1.13. The summed E-state index contributed by atoms with van der Waals surface area (Å²) in [5.41, 5.74) is 0.635. The van der Waals surface area contributed by atoms with Crippen LogP contribution in [0.2, 0.25) is 0 Å². The van der Waals surface area contributed by atoms with E-state index in [4.69, 9.17) is 0 Å². The van der Waals surface area contributed by atoms with Gasteiger partial charge < -0.3 is 9.84 Å². The van der Waals surface area contributed by atoms with Crippen molar-refractivity contribution < 1.29 is 24.2 Å². The quantitative estimate of drug-likeness (QED) is 0.620. The van der Waals surface area contributed by atoms with Crippen molar-refractivity contribution in [3.05, 3.63) is 35.4 Å². The third-order valence-electron chi connectivity index (χ3n) is 2.90. The molecule has 1 N–H and O–H groups in total. The normalized spacial score (nSPS) is 15.4. The number of ether oxygens (including phenoxy) is 1. The molecule has 1 heterocycles. The Morgan fingerprint density at radius 1 is 1.26 bits per heavy atom. The molecule has 100 valence electrons. The fraction of sp³-hybridized carbons (Fsp3) is 0.308. The average Bonchev–Trinajstić information content (AvgIpc) is 2.64. The molecule has 2 rings (SSSR count). The Morgan fingerprint density at radius 2 is 1.79 bits per heavy atom. The van der Waals surface area contributed by atoms with Crippen molar-refractivity contribution in [2.45, 2.75) is 12.5 Å². The molecule has 0 aromatic heterocycles. The zero-order valence-corrected chi connectivity index (χ0v) is 10.3. The number of β-amino-alcohol motifs (C(OH)–C–C–N with tert-alkyl or cyclic N) is 1. The van der Waals surface area contributed by atoms with Gasteiger partial charge >= 0.3 is 5.97 Å². The summed E-state index contributed by atoms with van der Waals surface area (Å²) in [5.74, 6) is -1.50. The average molecular weight is 263 g/mol. The first-order valence-electron chi connectivity index (χ1n) is 5.74. The Bertz CT molecular complexity index is 505. The van der Waals surface area contributed by atoms with E-state index in [1.807, 2.05) is 0 Å². The van der Waals surface area contributed by atoms with Crippen LogP contribution in [-0.2, 0) is 9.53 Å². The van der Waals surface area contributed by atoms with Crippen LogP contribution >= 0.6 is 0 Å². The van der Waals surface area contributed by atoms with E-state index in [1.54, 1.807) is 24.3 Å². The highest BCUT2D eigenvalue weighted by Gasteiger charge is 2.36. The Kier molecular flexibility index (Phi) is 3.62. The van der Waals surface area contributed by atoms with Crippen molar-refractivity contribution in [2.75, 3.05) is 13.7 Å². The number of aliphatic hydroxyl groups is 1. The van der Waals surface area contributed by atoms with Gasteiger partial charge in [-0.05, 0) is 12.1 Å². The number of amides is 2. The van der Waals surface area contributed by atoms with Crippen LogP contribution in [-0.4, -0.2) is 47.5 Å². The van der Waals surface area contributed by atoms with Gasteiger partial charge in [0.2, 0.25) is 0 Å². The Labute approximate surface area is 109 Å². The largest absolute Gasteiger partial charge is 0.469 e. The number of carbonyl (C=O) groups is 3. The van der Waals surface area contributed by atoms with Gasteiger partial charge in [-0.3, -0.25) is 19.3 Å². The molecule has 1 aromatic carbocycles. The minimum Gasteiger partial charge on any atom is -0.469 e. The standard InChI is InChI=1S/C13H13NO5/c1-19-11(16)6-8(15)7-14-12(17)9-4-2-3-5-10(9)13(14)18/h2-5,8,15H,6-7H2,1H3. The van der Waals surface area contributed by atoms with E-state index in [2.05, 4.69) is 4.74 Å². The van der Waals surface area contributed by atoms with Crippen LogP contribution in [0.3, 0.4) is 0 Å². The van der Waals surface area contributed by atoms with E-state index in [-0.39, 0.29) is 13.0 Å². The minimum absolute atomic E-state index is 0.221. The number of hydrogen-bond acceptors (Lipinski definition) is 5. The first kappa shape index (κ1) is 13.2. The van der Waals surface area contributed by atoms with Crippen molar-refractivity contribution >= 4 is 17.8 Å². The van der Waals surface area contributed by atoms with E-state index in [0.29, 0.717) is 11.1 Å². The summed E-state index contributed by atoms with van der Waals surface area (Å²) in [6.45, 7) is -0.221. The summed E-state index contributed by atoms with van der Waals surface area (Å²) in [6.07, 6.45) is -1.39. The van der Waals surface area contributed by atoms with E-state index in [9.17, 15) is 19.5 Å². The third kappa shape index (κ3) is 2.48. The number of nitrogens with zero attached hydrogens (tertiary/aromatic N) is 1. The molecule has 0 fully saturated rings. The van der Waals surface area contributed by atoms with Gasteiger partial charge in [0.05, 0.1) is 37.3 Å². The Balaban J connectivity index is 2.10. The van der Waals surface area contributed by atoms with Crippen LogP contribution < -0.4 is 0 Å². The maximum Gasteiger partial charge on any atom is 0.308 e. The van der Waals surface area contributed by atoms with Crippen molar-refractivity contribution in [1.29, 1.82) is 0 Å². The molecule has 1 aliphatic rings. The van der Waals surface area contributed by atoms with Crippen LogP contribution in [0.1, 0.15) is 27.1 Å². The van der Waals surface area contributed by atoms with E-state index in [1.165, 1.54) is 7.11 Å². The number of benzene rings is 1. The van der Waals surface area contributed by atoms with Crippen molar-refractivity contribution in [2.24, 2.45) is 0 Å². The summed E-state index contributed by atoms with van der Waals surface area (Å²) in [5, 5.41) is 9.68. The molecule has 0 radical (unpaired) electrons. The fourth-order valence-electron chi connectivity index (χ4n) is 1.96. The summed E-state index contributed by atoms with van der Waals surface area (Å²) in [4.78, 5) is 35.9. The molecule has 0 aliphatic carbocycles. The molecule has 1 aliphatic heterocycles. The number of aliphatic hydroxyl groups excluding tert-OH is 1. The highest BCUT2D eigenvalue weighted by atomic mass is 16.5. The third-order valence-corrected chi connectivity index (χ3v) is 2.90. The lowest BCUT2D eigenvalue weighted by Gasteiger charge is -2.17. The molecule has 0 saturated heterocycles. The van der Waals surface area contributed by atoms with Gasteiger partial charge in [-0.2, -0.15) is 0 Å². The first-order valence-corrected chi connectivity index (χ1v) is 5.74. The fourth-order valence-corrected chi connectivity index (χ4v) is 1.96. The number of fused-ring (bicyclic) bond motifs is 1. The van der Waals surface area contributed by atoms with Crippen LogP contribution in [0.4, 0.5) is 0 Å². The number of imide groups is 1. The zero-order valence-electron chi connectivity index (χ0n) is 10.3. The van der Waals surface area contributed by atoms with E-state index < -0.39 is 23.9 Å². The van der Waals surface area contributed by atoms with Gasteiger partial charge in [-0.15, -0.1) is 0 Å². The lowest BCUT2D eigenvalue weighted by molar-refractivity contribution is -0.142. The zero-order chi connectivity index (χ0) is 14.0. The second-order valence-corrected chi connectivity index (χ2v) is 4.20. The van der Waals surface area contributed by atoms with Crippen LogP contribution in [0.5, 0.6) is 0 Å². The number of rotatable bonds is 4. The number of methoxy groups -OCH3 is 1. The topological polar surface area (TPSA) is 83.9 Å². The van der Waals surface area contributed by atoms with Crippen molar-refractivity contribution in [3.8, 4) is 0 Å². The number of hydrogen-bond donors (Lipinski definition) is 1. The molecule has 0 spiro atoms. The molecule has 1 aromatic rings. The molecule has 19 heavy (non-hydrogen) atoms. The SMILES string of the molecule is COC(=O)CC(O)CN1C(=O)c2ccccc2C1=O. The Morgan fingerprint density at radius 3 is 2.26 bits per heavy atom. The maximum atomic E-state index is 12.0. The molecule has 0 bridgehead atoms. The van der Waals surface area contributed by atoms with Crippen LogP contribution in [0.25, 0.3) is 0 Å². The van der Waals surface area contributed by atoms with Gasteiger partial charge in [-0.1, -0.05) is 12.1 Å². The second kappa shape index (κ2) is 5.19. The summed E-state index contributed by atoms with van der Waals surface area (Å²) < 4.78 is 4.41. The Hall–Kier alpha value is -2.21. The highest BCUT2D eigenvalue weighted by Crippen LogP contribution is 2.22. The summed E-state index contributed by atoms with van der Waals surface area (Å²) in [7, 11) is 1.21. The highest BCUT2D eigenvalue weighted by molar-refractivity contribution is 6.21. The van der Waals surface area contributed by atoms with Crippen LogP contribution in [0.15, 0.2) is 24.3 Å². The predicted molar refractivity (Wildman–Crippen MR) is 64.4 cm³/mol. The van der Waals surface area contributed by atoms with Gasteiger partial charge in [0.25, 0.3) is 11.8 Å². The molecule has 1 unspecified atom stereocenters. The van der Waals surface area contributed by atoms with Crippen molar-refractivity contribution in [3.63, 3.8) is 0 Å². The van der Waals surface area contributed by atoms with Gasteiger partial charge in [-0.25, -0.2) is 0 Å². The smallest absolute Gasteiger partial charge is 0.308 e. The number of carbonyl (C=O) groups excluding carboxylic acids is 3. The predicted octanol–water partition coefficient (Wildman–Crippen LogP) is 0.207. The van der Waals surface area contributed by atoms with Gasteiger partial charge in [0, 0.05) is 0 Å². The van der Waals surface area contributed by atoms with Gasteiger partial charge in [0.15, 0.2) is 0 Å². The molecule has 6 heteroatoms. The molecule has 0 saturated carbocycles. The van der Waals surface area contributed by atoms with Gasteiger partial charge in [0.1, 0.15) is 0 Å². The molecule has 1 atom stereocenters.